The molecule has 0 amide bonds. The number of nitrogens with one attached hydrogen (secondary N) is 1. The molecular weight excluding hydrogens is 260 g/mol. The fourth-order valence-electron chi connectivity index (χ4n) is 5.65. The van der Waals surface area contributed by atoms with Gasteiger partial charge >= 0.3 is 0 Å². The molecule has 4 aliphatic carbocycles. The lowest BCUT2D eigenvalue weighted by molar-refractivity contribution is -0.0603. The zero-order valence-corrected chi connectivity index (χ0v) is 12.8. The van der Waals surface area contributed by atoms with Crippen molar-refractivity contribution in [1.82, 2.24) is 4.98 Å². The van der Waals surface area contributed by atoms with Crippen molar-refractivity contribution in [3.05, 3.63) is 12.1 Å². The van der Waals surface area contributed by atoms with Crippen molar-refractivity contribution >= 4 is 17.3 Å². The monoisotopic (exact) mass is 286 g/mol. The van der Waals surface area contributed by atoms with Gasteiger partial charge in [-0.2, -0.15) is 0 Å². The van der Waals surface area contributed by atoms with Gasteiger partial charge in [0, 0.05) is 6.04 Å². The SMILES string of the molecule is CC(Nc1ccc(N)c(N)n1)C12CC3CC(CC(C3)C1)C2. The molecule has 1 heterocycles. The molecular formula is C17H26N4. The molecule has 5 N–H and O–H groups in total. The molecule has 1 unspecified atom stereocenters. The minimum atomic E-state index is 0.428. The van der Waals surface area contributed by atoms with Crippen molar-refractivity contribution in [2.24, 2.45) is 23.2 Å². The fourth-order valence-corrected chi connectivity index (χ4v) is 5.65. The van der Waals surface area contributed by atoms with Crippen molar-refractivity contribution in [3.8, 4) is 0 Å². The van der Waals surface area contributed by atoms with Gasteiger partial charge in [0.1, 0.15) is 11.6 Å². The number of rotatable bonds is 3. The van der Waals surface area contributed by atoms with Gasteiger partial charge in [-0.1, -0.05) is 0 Å². The summed E-state index contributed by atoms with van der Waals surface area (Å²) in [6.07, 6.45) is 8.66. The summed E-state index contributed by atoms with van der Waals surface area (Å²) in [5.74, 6) is 4.22. The number of anilines is 3. The summed E-state index contributed by atoms with van der Waals surface area (Å²) in [5, 5.41) is 3.62. The maximum Gasteiger partial charge on any atom is 0.149 e. The first-order valence-electron chi connectivity index (χ1n) is 8.32. The van der Waals surface area contributed by atoms with Crippen molar-refractivity contribution in [2.45, 2.75) is 51.5 Å². The van der Waals surface area contributed by atoms with Gasteiger partial charge in [0.25, 0.3) is 0 Å². The first-order chi connectivity index (χ1) is 10.0. The molecule has 4 bridgehead atoms. The highest BCUT2D eigenvalue weighted by atomic mass is 15.1. The molecule has 4 heteroatoms. The van der Waals surface area contributed by atoms with E-state index in [1.807, 2.05) is 12.1 Å². The third-order valence-corrected chi connectivity index (χ3v) is 6.33. The van der Waals surface area contributed by atoms with E-state index < -0.39 is 0 Å². The zero-order chi connectivity index (χ0) is 14.6. The van der Waals surface area contributed by atoms with Crippen LogP contribution in [0.5, 0.6) is 0 Å². The van der Waals surface area contributed by atoms with Gasteiger partial charge in [0.2, 0.25) is 0 Å². The summed E-state index contributed by atoms with van der Waals surface area (Å²) in [6, 6.07) is 4.25. The number of hydrogen-bond donors (Lipinski definition) is 3. The van der Waals surface area contributed by atoms with E-state index in [0.717, 1.165) is 23.6 Å². The molecule has 4 nitrogen and oxygen atoms in total. The van der Waals surface area contributed by atoms with E-state index in [0.29, 0.717) is 23.0 Å². The first kappa shape index (κ1) is 13.2. The Labute approximate surface area is 126 Å². The van der Waals surface area contributed by atoms with E-state index in [-0.39, 0.29) is 0 Å². The number of hydrogen-bond acceptors (Lipinski definition) is 4. The van der Waals surface area contributed by atoms with E-state index in [2.05, 4.69) is 17.2 Å². The van der Waals surface area contributed by atoms with E-state index in [9.17, 15) is 0 Å². The molecule has 4 fully saturated rings. The quantitative estimate of drug-likeness (QED) is 0.797. The maximum atomic E-state index is 5.83. The van der Waals surface area contributed by atoms with Gasteiger partial charge < -0.3 is 16.8 Å². The van der Waals surface area contributed by atoms with Crippen molar-refractivity contribution in [1.29, 1.82) is 0 Å². The molecule has 114 valence electrons. The van der Waals surface area contributed by atoms with Crippen molar-refractivity contribution in [3.63, 3.8) is 0 Å². The lowest BCUT2D eigenvalue weighted by Crippen LogP contribution is -2.53. The largest absolute Gasteiger partial charge is 0.396 e. The van der Waals surface area contributed by atoms with Crippen LogP contribution in [0.15, 0.2) is 12.1 Å². The van der Waals surface area contributed by atoms with Crippen LogP contribution < -0.4 is 16.8 Å². The molecule has 21 heavy (non-hydrogen) atoms. The minimum Gasteiger partial charge on any atom is -0.396 e. The van der Waals surface area contributed by atoms with Crippen LogP contribution in [0.3, 0.4) is 0 Å². The molecule has 0 spiro atoms. The van der Waals surface area contributed by atoms with Crippen LogP contribution in [-0.4, -0.2) is 11.0 Å². The van der Waals surface area contributed by atoms with Crippen LogP contribution in [0.1, 0.15) is 45.4 Å². The number of pyridine rings is 1. The second kappa shape index (κ2) is 4.52. The van der Waals surface area contributed by atoms with Gasteiger partial charge in [0.05, 0.1) is 5.69 Å². The Kier molecular flexibility index (Phi) is 2.85. The Morgan fingerprint density at radius 3 is 2.19 bits per heavy atom. The molecule has 4 aliphatic rings. The second-order valence-electron chi connectivity index (χ2n) is 7.82. The first-order valence-corrected chi connectivity index (χ1v) is 8.32. The predicted octanol–water partition coefficient (Wildman–Crippen LogP) is 3.26. The zero-order valence-electron chi connectivity index (χ0n) is 12.8. The fraction of sp³-hybridized carbons (Fsp3) is 0.706. The molecule has 0 saturated heterocycles. The van der Waals surface area contributed by atoms with Crippen LogP contribution in [-0.2, 0) is 0 Å². The summed E-state index contributed by atoms with van der Waals surface area (Å²) in [5.41, 5.74) is 12.6. The van der Waals surface area contributed by atoms with Gasteiger partial charge in [-0.25, -0.2) is 4.98 Å². The molecule has 0 aliphatic heterocycles. The third kappa shape index (κ3) is 2.16. The molecule has 5 rings (SSSR count). The number of nitrogens with zero attached hydrogens (tertiary/aromatic N) is 1. The molecule has 1 aromatic heterocycles. The molecule has 0 aromatic carbocycles. The van der Waals surface area contributed by atoms with Crippen molar-refractivity contribution in [2.75, 3.05) is 16.8 Å². The second-order valence-corrected chi connectivity index (χ2v) is 7.82. The maximum absolute atomic E-state index is 5.83. The Hall–Kier alpha value is -1.45. The highest BCUT2D eigenvalue weighted by Crippen LogP contribution is 2.61. The Balaban J connectivity index is 1.54. The van der Waals surface area contributed by atoms with Crippen molar-refractivity contribution < 1.29 is 0 Å². The summed E-state index contributed by atoms with van der Waals surface area (Å²) in [4.78, 5) is 4.38. The van der Waals surface area contributed by atoms with E-state index >= 15 is 0 Å². The van der Waals surface area contributed by atoms with Crippen LogP contribution in [0, 0.1) is 23.2 Å². The van der Waals surface area contributed by atoms with Crippen LogP contribution in [0.25, 0.3) is 0 Å². The number of nitrogens with two attached hydrogens (primary N) is 2. The van der Waals surface area contributed by atoms with Crippen LogP contribution in [0.4, 0.5) is 17.3 Å². The topological polar surface area (TPSA) is 77.0 Å². The summed E-state index contributed by atoms with van der Waals surface area (Å²) in [7, 11) is 0. The average molecular weight is 286 g/mol. The Morgan fingerprint density at radius 1 is 1.10 bits per heavy atom. The highest BCUT2D eigenvalue weighted by Gasteiger charge is 2.53. The Morgan fingerprint density at radius 2 is 1.67 bits per heavy atom. The molecule has 4 saturated carbocycles. The molecule has 1 atom stereocenters. The van der Waals surface area contributed by atoms with Gasteiger partial charge in [-0.3, -0.25) is 0 Å². The minimum absolute atomic E-state index is 0.428. The van der Waals surface area contributed by atoms with E-state index in [4.69, 9.17) is 11.5 Å². The highest BCUT2D eigenvalue weighted by molar-refractivity contribution is 5.61. The number of aromatic nitrogens is 1. The van der Waals surface area contributed by atoms with Crippen LogP contribution >= 0.6 is 0 Å². The van der Waals surface area contributed by atoms with Crippen LogP contribution in [0.2, 0.25) is 0 Å². The lowest BCUT2D eigenvalue weighted by atomic mass is 9.48. The van der Waals surface area contributed by atoms with Gasteiger partial charge in [0.15, 0.2) is 0 Å². The van der Waals surface area contributed by atoms with Gasteiger partial charge in [-0.15, -0.1) is 0 Å². The summed E-state index contributed by atoms with van der Waals surface area (Å²) < 4.78 is 0. The Bertz CT molecular complexity index is 518. The lowest BCUT2D eigenvalue weighted by Gasteiger charge is -2.59. The molecule has 0 radical (unpaired) electrons. The predicted molar refractivity (Wildman–Crippen MR) is 86.8 cm³/mol. The summed E-state index contributed by atoms with van der Waals surface area (Å²) >= 11 is 0. The normalized spacial score (nSPS) is 38.4. The standard InChI is InChI=1S/C17H26N4/c1-10(20-15-3-2-14(18)16(19)21-15)17-7-11-4-12(8-17)6-13(5-11)9-17/h2-3,10-13H,4-9,18H2,1H3,(H3,19,20,21). The van der Waals surface area contributed by atoms with E-state index in [1.54, 1.807) is 0 Å². The van der Waals surface area contributed by atoms with E-state index in [1.165, 1.54) is 38.5 Å². The third-order valence-electron chi connectivity index (χ3n) is 6.33. The van der Waals surface area contributed by atoms with Gasteiger partial charge in [-0.05, 0) is 80.8 Å². The summed E-state index contributed by atoms with van der Waals surface area (Å²) in [6.45, 7) is 2.33. The average Bonchev–Trinajstić information content (AvgIpc) is 2.41. The number of nitrogen functional groups attached to an aromatic ring is 2. The smallest absolute Gasteiger partial charge is 0.149 e. The molecule has 1 aromatic rings.